The summed E-state index contributed by atoms with van der Waals surface area (Å²) in [5.74, 6) is 0.572. The van der Waals surface area contributed by atoms with Crippen LogP contribution in [0.1, 0.15) is 14.9 Å². The van der Waals surface area contributed by atoms with Crippen molar-refractivity contribution >= 4 is 231 Å². The molecule has 0 fully saturated rings. The van der Waals surface area contributed by atoms with Crippen LogP contribution >= 0.6 is 77.2 Å². The van der Waals surface area contributed by atoms with E-state index in [1.165, 1.54) is 125 Å². The zero-order valence-corrected chi connectivity index (χ0v) is 60.3. The Morgan fingerprint density at radius 1 is 0.240 bits per heavy atom. The van der Waals surface area contributed by atoms with Crippen LogP contribution in [-0.4, -0.2) is 12.7 Å². The number of hydrogen-bond acceptors (Lipinski definition) is 9. The molecule has 12 heteroatoms. The molecule has 0 spiro atoms. The van der Waals surface area contributed by atoms with Gasteiger partial charge in [-0.1, -0.05) is 204 Å². The van der Waals surface area contributed by atoms with E-state index in [9.17, 15) is 0 Å². The highest BCUT2D eigenvalue weighted by atomic mass is 79.9. The molecule has 0 saturated heterocycles. The summed E-state index contributed by atoms with van der Waals surface area (Å²) in [6, 6.07) is 105. The highest BCUT2D eigenvalue weighted by molar-refractivity contribution is 9.10. The second-order valence-corrected chi connectivity index (χ2v) is 31.6. The molecule has 1 radical (unpaired) electrons. The summed E-state index contributed by atoms with van der Waals surface area (Å²) in [5, 5.41) is 26.0. The zero-order valence-electron chi connectivity index (χ0n) is 53.8. The van der Waals surface area contributed by atoms with Crippen molar-refractivity contribution in [1.29, 1.82) is 0 Å². The third kappa shape index (κ3) is 11.4. The lowest BCUT2D eigenvalue weighted by molar-refractivity contribution is 0.454. The van der Waals surface area contributed by atoms with Gasteiger partial charge in [0.2, 0.25) is 0 Å². The highest BCUT2D eigenvalue weighted by Gasteiger charge is 2.20. The molecule has 0 bridgehead atoms. The molecule has 0 amide bonds. The molecule has 0 unspecified atom stereocenters. The largest absolute Gasteiger partial charge is 0.569 e. The van der Waals surface area contributed by atoms with Crippen LogP contribution in [0.4, 0.5) is 0 Å². The minimum absolute atomic E-state index is 0. The normalized spacial score (nSPS) is 11.6. The summed E-state index contributed by atoms with van der Waals surface area (Å²) in [5.41, 5.74) is 17.2. The first-order valence-electron chi connectivity index (χ1n) is 33.4. The number of benzene rings is 15. The second kappa shape index (κ2) is 26.6. The first kappa shape index (κ1) is 65.4. The quantitative estimate of drug-likeness (QED) is 0.161. The maximum absolute atomic E-state index is 8.78. The smallest absolute Gasteiger partial charge is 0.537 e. The Balaban J connectivity index is 0.000000137. The molecule has 0 aliphatic rings. The maximum Gasteiger partial charge on any atom is 0.569 e. The Bertz CT molecular complexity index is 6780. The van der Waals surface area contributed by atoms with Crippen LogP contribution in [-0.2, 0) is 0 Å². The molecule has 497 valence electrons. The number of furan rings is 3. The lowest BCUT2D eigenvalue weighted by Gasteiger charge is -2.04. The van der Waals surface area contributed by atoms with Crippen molar-refractivity contribution in [2.24, 2.45) is 0 Å². The van der Waals surface area contributed by atoms with Crippen LogP contribution in [0, 0.1) is 0 Å². The first-order chi connectivity index (χ1) is 50.2. The molecule has 0 aliphatic carbocycles. The number of halogens is 2. The first-order valence-corrected chi connectivity index (χ1v) is 38.2. The molecular weight excluding hydrogens is 1480 g/mol. The van der Waals surface area contributed by atoms with Crippen LogP contribution in [0.15, 0.2) is 319 Å². The van der Waals surface area contributed by atoms with Crippen molar-refractivity contribution in [2.75, 3.05) is 0 Å². The fourth-order valence-electron chi connectivity index (χ4n) is 14.7. The number of rotatable bonds is 7. The molecule has 0 saturated carbocycles. The Kier molecular flexibility index (Phi) is 16.7. The van der Waals surface area contributed by atoms with E-state index in [-0.39, 0.29) is 14.9 Å². The summed E-state index contributed by atoms with van der Waals surface area (Å²) in [6.07, 6.45) is 0. The summed E-state index contributed by atoms with van der Waals surface area (Å²) in [7, 11) is 0.679. The van der Waals surface area contributed by atoms with Gasteiger partial charge in [-0.05, 0) is 195 Å². The Hall–Kier alpha value is -10.6. The molecule has 0 atom stereocenters. The molecule has 5 nitrogen and oxygen atoms in total. The summed E-state index contributed by atoms with van der Waals surface area (Å²) < 4.78 is 36.6. The van der Waals surface area contributed by atoms with Gasteiger partial charge < -0.3 is 22.9 Å². The van der Waals surface area contributed by atoms with E-state index in [1.807, 2.05) is 81.7 Å². The number of hydrogen-bond donors (Lipinski definition) is 1. The molecule has 1 N–H and O–H groups in total. The van der Waals surface area contributed by atoms with E-state index in [1.54, 1.807) is 6.07 Å². The van der Waals surface area contributed by atoms with E-state index in [2.05, 4.69) is 287 Å². The fraction of sp³-hybridized carbons (Fsp3) is 0.0217. The van der Waals surface area contributed by atoms with Crippen LogP contribution in [0.2, 0.25) is 0 Å². The van der Waals surface area contributed by atoms with E-state index in [0.717, 1.165) is 85.9 Å². The third-order valence-corrected chi connectivity index (χ3v) is 25.7. The lowest BCUT2D eigenvalue weighted by Crippen LogP contribution is -1.98. The predicted molar refractivity (Wildman–Crippen MR) is 457 cm³/mol. The van der Waals surface area contributed by atoms with Crippen LogP contribution < -0.4 is 4.65 Å². The van der Waals surface area contributed by atoms with Crippen molar-refractivity contribution < 1.29 is 22.9 Å². The van der Waals surface area contributed by atoms with Crippen molar-refractivity contribution in [1.82, 2.24) is 0 Å². The lowest BCUT2D eigenvalue weighted by atomic mass is 9.98. The van der Waals surface area contributed by atoms with Crippen LogP contribution in [0.25, 0.3) is 202 Å². The number of fused-ring (bicyclic) bond motifs is 23. The van der Waals surface area contributed by atoms with E-state index < -0.39 is 0 Å². The van der Waals surface area contributed by atoms with Crippen LogP contribution in [0.5, 0.6) is 5.75 Å². The third-order valence-electron chi connectivity index (χ3n) is 19.6. The van der Waals surface area contributed by atoms with Crippen molar-refractivity contribution in [3.8, 4) is 61.4 Å². The average molecular weight is 1540 g/mol. The Morgan fingerprint density at radius 2 is 0.490 bits per heavy atom. The minimum atomic E-state index is 0. The maximum atomic E-state index is 8.78. The van der Waals surface area contributed by atoms with Gasteiger partial charge in [0.15, 0.2) is 0 Å². The van der Waals surface area contributed by atoms with E-state index >= 15 is 0 Å². The van der Waals surface area contributed by atoms with E-state index in [0.29, 0.717) is 13.4 Å². The van der Waals surface area contributed by atoms with Gasteiger partial charge in [-0.2, -0.15) is 0 Å². The summed E-state index contributed by atoms with van der Waals surface area (Å²) in [6.45, 7) is 0. The molecule has 15 aromatic carbocycles. The minimum Gasteiger partial charge on any atom is -0.537 e. The SMILES string of the molecule is Brc1ccc2sc3c(ccc4c5cc(Br)ccc5sc43)c2c1.C.C.O[B]Oc1ccc2oc3ccc(-c4ccccc4)cc3c2c1.c1ccc(-c2ccc3oc4ccc(-c5ccc6sc7c(ccc8c9cc(-c%10ccc%11oc%12ccc(-c%13ccccc%13)cc%12c%11c%10)ccc9sc87)c6c5)cc4c3c2)cc1. The van der Waals surface area contributed by atoms with Gasteiger partial charge >= 0.3 is 7.69 Å². The van der Waals surface area contributed by atoms with Gasteiger partial charge in [-0.15, -0.1) is 45.3 Å². The molecule has 7 heterocycles. The number of thiophene rings is 4. The average Bonchev–Trinajstić information content (AvgIpc) is 1.57. The monoisotopic (exact) mass is 1540 g/mol. The Morgan fingerprint density at radius 3 is 0.798 bits per heavy atom. The van der Waals surface area contributed by atoms with Gasteiger partial charge in [0.25, 0.3) is 0 Å². The highest BCUT2D eigenvalue weighted by Crippen LogP contribution is 2.49. The topological polar surface area (TPSA) is 68.9 Å². The second-order valence-electron chi connectivity index (χ2n) is 25.6. The fourth-order valence-corrected chi connectivity index (χ4v) is 20.4. The van der Waals surface area contributed by atoms with Crippen molar-refractivity contribution in [3.63, 3.8) is 0 Å². The molecule has 22 aromatic rings. The molecule has 104 heavy (non-hydrogen) atoms. The summed E-state index contributed by atoms with van der Waals surface area (Å²) in [4.78, 5) is 0. The summed E-state index contributed by atoms with van der Waals surface area (Å²) >= 11 is 14.8. The Labute approximate surface area is 631 Å². The van der Waals surface area contributed by atoms with Gasteiger partial charge in [0.05, 0.1) is 18.8 Å². The van der Waals surface area contributed by atoms with Crippen LogP contribution in [0.3, 0.4) is 0 Å². The molecule has 7 aromatic heterocycles. The molecule has 0 aliphatic heterocycles. The van der Waals surface area contributed by atoms with Crippen molar-refractivity contribution in [2.45, 2.75) is 14.9 Å². The van der Waals surface area contributed by atoms with E-state index in [4.69, 9.17) is 22.9 Å². The van der Waals surface area contributed by atoms with Gasteiger partial charge in [-0.3, -0.25) is 0 Å². The van der Waals surface area contributed by atoms with Gasteiger partial charge in [0, 0.05) is 103 Å². The van der Waals surface area contributed by atoms with Gasteiger partial charge in [0.1, 0.15) is 39.2 Å². The predicted octanol–water partition coefficient (Wildman–Crippen LogP) is 30.3. The zero-order chi connectivity index (χ0) is 67.7. The standard InChI is InChI=1S/C54H30O2S2.C18H12BO3.C18H8Br2S2.2CH4/c1-3-7-31(8-4-1)33-11-19-47-41(25-33)43-27-35(13-21-49(43)55-47)37-15-23-51-45(29-37)39-17-18-40-46-30-38(16-24-52(46)58-54(40)53(39)57-51)36-14-22-50-44(28-36)42-26-34(12-20-48(42)56-50)32-9-5-2-6-10-32;20-19-22-14-7-9-18-16(11-14)15-10-13(6-8-17(15)21-18)12-4-2-1-3-5-12;19-9-1-5-15-13(7-9)11-3-4-12-14-8-10(20)2-6-16(14)22-18(12)17(11)21-15;;/h1-30H;1-11,20H;1-8H;2*1H4. The van der Waals surface area contributed by atoms with Gasteiger partial charge in [-0.25, -0.2) is 0 Å². The molecule has 22 rings (SSSR count). The molecular formula is C92H58BBr2O5S4. The van der Waals surface area contributed by atoms with Crippen molar-refractivity contribution in [3.05, 3.63) is 306 Å².